The number of carbonyl (C=O) groups excluding carboxylic acids is 2. The van der Waals surface area contributed by atoms with Crippen LogP contribution in [0.5, 0.6) is 0 Å². The van der Waals surface area contributed by atoms with Crippen molar-refractivity contribution in [3.05, 3.63) is 17.8 Å². The number of likely N-dealkylation sites (tertiary alicyclic amines) is 1. The van der Waals surface area contributed by atoms with Crippen LogP contribution in [0.3, 0.4) is 0 Å². The number of piperidine rings is 1. The fraction of sp³-hybridized carbons (Fsp3) is 0.682. The molecule has 2 N–H and O–H groups in total. The van der Waals surface area contributed by atoms with Crippen molar-refractivity contribution >= 4 is 23.5 Å². The first-order valence-corrected chi connectivity index (χ1v) is 11.0. The fourth-order valence-corrected chi connectivity index (χ4v) is 5.39. The molecule has 1 spiro atoms. The van der Waals surface area contributed by atoms with Crippen LogP contribution in [0, 0.1) is 12.3 Å². The van der Waals surface area contributed by atoms with Crippen LogP contribution >= 0.6 is 0 Å². The molecule has 1 unspecified atom stereocenters. The molecule has 1 aliphatic carbocycles. The van der Waals surface area contributed by atoms with Crippen LogP contribution < -0.4 is 10.2 Å². The van der Waals surface area contributed by atoms with E-state index in [4.69, 9.17) is 0 Å². The van der Waals surface area contributed by atoms with Gasteiger partial charge in [0.25, 0.3) is 0 Å². The largest absolute Gasteiger partial charge is 0.453 e. The predicted molar refractivity (Wildman–Crippen MR) is 113 cm³/mol. The van der Waals surface area contributed by atoms with Gasteiger partial charge in [-0.05, 0) is 63.5 Å². The molecule has 8 nitrogen and oxygen atoms in total. The fourth-order valence-electron chi connectivity index (χ4n) is 5.39. The van der Waals surface area contributed by atoms with Crippen molar-refractivity contribution in [1.29, 1.82) is 0 Å². The van der Waals surface area contributed by atoms with Gasteiger partial charge in [-0.15, -0.1) is 0 Å². The molecular formula is C22H32N4O4. The van der Waals surface area contributed by atoms with E-state index < -0.39 is 6.09 Å². The Bertz CT molecular complexity index is 808. The molecule has 0 bridgehead atoms. The number of methoxy groups -OCH3 is 1. The van der Waals surface area contributed by atoms with E-state index in [1.54, 1.807) is 6.20 Å². The number of nitrogens with one attached hydrogen (secondary N) is 1. The maximum atomic E-state index is 13.5. The number of rotatable bonds is 3. The Morgan fingerprint density at radius 3 is 2.73 bits per heavy atom. The van der Waals surface area contributed by atoms with E-state index in [1.165, 1.54) is 7.11 Å². The molecule has 2 saturated heterocycles. The summed E-state index contributed by atoms with van der Waals surface area (Å²) in [5.74, 6) is 1.16. The van der Waals surface area contributed by atoms with Crippen molar-refractivity contribution in [2.75, 3.05) is 37.0 Å². The summed E-state index contributed by atoms with van der Waals surface area (Å²) in [7, 11) is 1.33. The van der Waals surface area contributed by atoms with Crippen molar-refractivity contribution in [2.24, 2.45) is 5.41 Å². The summed E-state index contributed by atoms with van der Waals surface area (Å²) in [4.78, 5) is 33.8. The summed E-state index contributed by atoms with van der Waals surface area (Å²) in [5, 5.41) is 12.4. The molecule has 2 amide bonds. The highest BCUT2D eigenvalue weighted by atomic mass is 16.5. The van der Waals surface area contributed by atoms with Gasteiger partial charge >= 0.3 is 6.09 Å². The monoisotopic (exact) mass is 416 g/mol. The maximum absolute atomic E-state index is 13.5. The maximum Gasteiger partial charge on any atom is 0.411 e. The minimum Gasteiger partial charge on any atom is -0.453 e. The number of aromatic nitrogens is 1. The average Bonchev–Trinajstić information content (AvgIpc) is 3.04. The molecule has 2 aliphatic heterocycles. The third-order valence-electron chi connectivity index (χ3n) is 7.01. The minimum atomic E-state index is -0.521. The van der Waals surface area contributed by atoms with Crippen LogP contribution in [0.1, 0.15) is 50.5 Å². The normalized spacial score (nSPS) is 29.4. The van der Waals surface area contributed by atoms with Crippen molar-refractivity contribution in [3.8, 4) is 0 Å². The molecule has 30 heavy (non-hydrogen) atoms. The Morgan fingerprint density at radius 1 is 1.27 bits per heavy atom. The molecule has 3 heterocycles. The Hall–Kier alpha value is -2.35. The molecule has 1 aromatic rings. The summed E-state index contributed by atoms with van der Waals surface area (Å²) in [6.07, 6.45) is 7.09. The molecule has 0 radical (unpaired) electrons. The number of amides is 2. The molecule has 8 heteroatoms. The molecule has 0 aromatic carbocycles. The third kappa shape index (κ3) is 3.97. The Kier molecular flexibility index (Phi) is 5.86. The SMILES string of the molecule is COC(=O)Nc1cnc(N2CCCC3(CCN(C4CCC(O)CC4)C3=O)C2)c(C)c1. The average molecular weight is 417 g/mol. The molecule has 164 valence electrons. The van der Waals surface area contributed by atoms with Gasteiger partial charge in [0.15, 0.2) is 0 Å². The van der Waals surface area contributed by atoms with Crippen molar-refractivity contribution in [3.63, 3.8) is 0 Å². The second kappa shape index (κ2) is 8.41. The van der Waals surface area contributed by atoms with Crippen LogP contribution in [0.15, 0.2) is 12.3 Å². The number of ether oxygens (including phenoxy) is 1. The van der Waals surface area contributed by atoms with Crippen molar-refractivity contribution in [1.82, 2.24) is 9.88 Å². The smallest absolute Gasteiger partial charge is 0.411 e. The predicted octanol–water partition coefficient (Wildman–Crippen LogP) is 2.69. The van der Waals surface area contributed by atoms with Crippen molar-refractivity contribution in [2.45, 2.75) is 64.0 Å². The van der Waals surface area contributed by atoms with E-state index in [0.717, 1.165) is 69.4 Å². The number of hydrogen-bond acceptors (Lipinski definition) is 6. The number of aryl methyl sites for hydroxylation is 1. The standard InChI is InChI=1S/C22H32N4O4/c1-15-12-16(24-21(29)30-2)13-23-19(15)25-10-3-8-22(14-25)9-11-26(20(22)28)17-4-6-18(27)7-5-17/h12-13,17-18,27H,3-11,14H2,1-2H3,(H,24,29). The number of carbonyl (C=O) groups is 2. The summed E-state index contributed by atoms with van der Waals surface area (Å²) in [6.45, 7) is 4.36. The zero-order valence-electron chi connectivity index (χ0n) is 17.9. The molecule has 1 aromatic heterocycles. The summed E-state index contributed by atoms with van der Waals surface area (Å²) in [6, 6.07) is 2.16. The highest BCUT2D eigenvalue weighted by Crippen LogP contribution is 2.43. The van der Waals surface area contributed by atoms with Gasteiger partial charge in [-0.2, -0.15) is 0 Å². The van der Waals surface area contributed by atoms with Crippen molar-refractivity contribution < 1.29 is 19.4 Å². The lowest BCUT2D eigenvalue weighted by Gasteiger charge is -2.41. The van der Waals surface area contributed by atoms with Gasteiger partial charge in [0, 0.05) is 25.7 Å². The lowest BCUT2D eigenvalue weighted by Crippen LogP contribution is -2.50. The van der Waals surface area contributed by atoms with Gasteiger partial charge in [-0.1, -0.05) is 0 Å². The summed E-state index contributed by atoms with van der Waals surface area (Å²) < 4.78 is 4.64. The Labute approximate surface area is 177 Å². The van der Waals surface area contributed by atoms with Crippen LogP contribution in [0.25, 0.3) is 0 Å². The number of hydrogen-bond donors (Lipinski definition) is 2. The second-order valence-electron chi connectivity index (χ2n) is 9.00. The first-order chi connectivity index (χ1) is 14.4. The molecule has 4 rings (SSSR count). The molecular weight excluding hydrogens is 384 g/mol. The Morgan fingerprint density at radius 2 is 2.03 bits per heavy atom. The number of aliphatic hydroxyl groups is 1. The quantitative estimate of drug-likeness (QED) is 0.787. The number of anilines is 2. The number of nitrogens with zero attached hydrogens (tertiary/aromatic N) is 3. The zero-order valence-corrected chi connectivity index (χ0v) is 17.9. The minimum absolute atomic E-state index is 0.205. The molecule has 1 atom stereocenters. The molecule has 3 fully saturated rings. The van der Waals surface area contributed by atoms with E-state index >= 15 is 0 Å². The van der Waals surface area contributed by atoms with E-state index in [1.807, 2.05) is 13.0 Å². The van der Waals surface area contributed by atoms with Gasteiger partial charge in [0.05, 0.1) is 30.5 Å². The van der Waals surface area contributed by atoms with Gasteiger partial charge in [0.2, 0.25) is 5.91 Å². The number of aliphatic hydroxyl groups excluding tert-OH is 1. The molecule has 3 aliphatic rings. The van der Waals surface area contributed by atoms with Gasteiger partial charge in [-0.3, -0.25) is 10.1 Å². The highest BCUT2D eigenvalue weighted by Gasteiger charge is 2.50. The zero-order chi connectivity index (χ0) is 21.3. The van der Waals surface area contributed by atoms with E-state index in [0.29, 0.717) is 12.2 Å². The van der Waals surface area contributed by atoms with Gasteiger partial charge in [-0.25, -0.2) is 9.78 Å². The van der Waals surface area contributed by atoms with Crippen LogP contribution in [-0.4, -0.2) is 65.9 Å². The van der Waals surface area contributed by atoms with E-state index in [-0.39, 0.29) is 23.5 Å². The first-order valence-electron chi connectivity index (χ1n) is 11.0. The van der Waals surface area contributed by atoms with Gasteiger partial charge < -0.3 is 19.6 Å². The van der Waals surface area contributed by atoms with Crippen LogP contribution in [0.2, 0.25) is 0 Å². The Balaban J connectivity index is 1.47. The summed E-state index contributed by atoms with van der Waals surface area (Å²) >= 11 is 0. The first kappa shape index (κ1) is 20.9. The van der Waals surface area contributed by atoms with Crippen LogP contribution in [-0.2, 0) is 9.53 Å². The highest BCUT2D eigenvalue weighted by molar-refractivity contribution is 5.86. The second-order valence-corrected chi connectivity index (χ2v) is 9.00. The van der Waals surface area contributed by atoms with E-state index in [2.05, 4.69) is 24.8 Å². The van der Waals surface area contributed by atoms with Crippen LogP contribution in [0.4, 0.5) is 16.3 Å². The third-order valence-corrected chi connectivity index (χ3v) is 7.01. The van der Waals surface area contributed by atoms with Gasteiger partial charge in [0.1, 0.15) is 5.82 Å². The molecule has 1 saturated carbocycles. The summed E-state index contributed by atoms with van der Waals surface area (Å²) in [5.41, 5.74) is 1.23. The van der Waals surface area contributed by atoms with E-state index in [9.17, 15) is 14.7 Å². The topological polar surface area (TPSA) is 95.0 Å². The lowest BCUT2D eigenvalue weighted by atomic mass is 9.78. The lowest BCUT2D eigenvalue weighted by molar-refractivity contribution is -0.139. The number of pyridine rings is 1.